The van der Waals surface area contributed by atoms with E-state index in [4.69, 9.17) is 0 Å². The molecule has 4 rings (SSSR count). The first-order valence-corrected chi connectivity index (χ1v) is 8.07. The zero-order valence-corrected chi connectivity index (χ0v) is 12.9. The summed E-state index contributed by atoms with van der Waals surface area (Å²) in [7, 11) is 0. The third-order valence-electron chi connectivity index (χ3n) is 4.47. The van der Waals surface area contributed by atoms with Gasteiger partial charge in [0.25, 0.3) is 0 Å². The summed E-state index contributed by atoms with van der Waals surface area (Å²) in [6.07, 6.45) is 7.21. The smallest absolute Gasteiger partial charge is 0.0930 e. The van der Waals surface area contributed by atoms with Crippen LogP contribution in [0.5, 0.6) is 0 Å². The van der Waals surface area contributed by atoms with Crippen LogP contribution in [-0.4, -0.2) is 44.2 Å². The lowest BCUT2D eigenvalue weighted by molar-refractivity contribution is 0.0671. The minimum absolute atomic E-state index is 0.219. The van der Waals surface area contributed by atoms with Crippen molar-refractivity contribution in [2.24, 2.45) is 0 Å². The fraction of sp³-hybridized carbons (Fsp3) is 0.333. The van der Waals surface area contributed by atoms with E-state index in [1.54, 1.807) is 6.20 Å². The first-order chi connectivity index (χ1) is 11.3. The lowest BCUT2D eigenvalue weighted by Crippen LogP contribution is -2.37. The lowest BCUT2D eigenvalue weighted by atomic mass is 10.1. The van der Waals surface area contributed by atoms with E-state index in [1.807, 2.05) is 24.5 Å². The van der Waals surface area contributed by atoms with Gasteiger partial charge in [-0.3, -0.25) is 14.9 Å². The van der Waals surface area contributed by atoms with Gasteiger partial charge in [-0.05, 0) is 43.7 Å². The second-order valence-electron chi connectivity index (χ2n) is 6.15. The highest BCUT2D eigenvalue weighted by atomic mass is 16.3. The molecule has 4 heterocycles. The van der Waals surface area contributed by atoms with E-state index < -0.39 is 0 Å². The van der Waals surface area contributed by atoms with Gasteiger partial charge in [-0.2, -0.15) is 0 Å². The molecule has 0 radical (unpaired) electrons. The molecule has 1 saturated heterocycles. The number of aromatic amines is 1. The average molecular weight is 308 g/mol. The number of aliphatic hydroxyl groups is 1. The zero-order chi connectivity index (χ0) is 15.6. The fourth-order valence-electron chi connectivity index (χ4n) is 3.38. The topological polar surface area (TPSA) is 65.0 Å². The predicted molar refractivity (Wildman–Crippen MR) is 89.8 cm³/mol. The standard InChI is InChI=1S/C18H20N4O/c23-14-5-3-9-22(11-14)12-15-17(13-4-1-7-19-10-13)21-16-6-2-8-20-18(15)16/h1-2,4,6-8,10,14,21,23H,3,5,9,11-12H2/t14-/m0/s1. The summed E-state index contributed by atoms with van der Waals surface area (Å²) in [5, 5.41) is 9.93. The number of aromatic nitrogens is 3. The van der Waals surface area contributed by atoms with Gasteiger partial charge in [0.15, 0.2) is 0 Å². The zero-order valence-electron chi connectivity index (χ0n) is 12.9. The molecule has 3 aromatic heterocycles. The third-order valence-corrected chi connectivity index (χ3v) is 4.47. The molecule has 5 heteroatoms. The van der Waals surface area contributed by atoms with Gasteiger partial charge in [0.05, 0.1) is 22.8 Å². The number of likely N-dealkylation sites (tertiary alicyclic amines) is 1. The Hall–Kier alpha value is -2.24. The molecule has 0 bridgehead atoms. The van der Waals surface area contributed by atoms with E-state index in [2.05, 4.69) is 32.0 Å². The molecular formula is C18H20N4O. The normalized spacial score (nSPS) is 19.3. The van der Waals surface area contributed by atoms with Gasteiger partial charge in [0.2, 0.25) is 0 Å². The van der Waals surface area contributed by atoms with E-state index in [9.17, 15) is 5.11 Å². The van der Waals surface area contributed by atoms with Crippen molar-refractivity contribution in [2.45, 2.75) is 25.5 Å². The van der Waals surface area contributed by atoms with Gasteiger partial charge in [0, 0.05) is 42.8 Å². The monoisotopic (exact) mass is 308 g/mol. The highest BCUT2D eigenvalue weighted by molar-refractivity contribution is 5.87. The van der Waals surface area contributed by atoms with E-state index in [0.717, 1.165) is 54.8 Å². The molecule has 118 valence electrons. The predicted octanol–water partition coefficient (Wildman–Crippen LogP) is 2.58. The Labute approximate surface area is 135 Å². The number of rotatable bonds is 3. The molecule has 0 aliphatic carbocycles. The molecule has 1 aliphatic heterocycles. The van der Waals surface area contributed by atoms with Crippen molar-refractivity contribution in [3.63, 3.8) is 0 Å². The van der Waals surface area contributed by atoms with Gasteiger partial charge in [-0.1, -0.05) is 0 Å². The van der Waals surface area contributed by atoms with Crippen molar-refractivity contribution >= 4 is 11.0 Å². The molecule has 3 aromatic rings. The van der Waals surface area contributed by atoms with Crippen LogP contribution in [0.3, 0.4) is 0 Å². The minimum Gasteiger partial charge on any atom is -0.392 e. The van der Waals surface area contributed by atoms with Crippen LogP contribution < -0.4 is 0 Å². The number of fused-ring (bicyclic) bond motifs is 1. The van der Waals surface area contributed by atoms with Crippen LogP contribution in [0.25, 0.3) is 22.3 Å². The number of β-amino-alcohol motifs (C(OH)–C–C–N with tert-alkyl or cyclic N) is 1. The van der Waals surface area contributed by atoms with E-state index in [0.29, 0.717) is 0 Å². The Bertz CT molecular complexity index is 799. The van der Waals surface area contributed by atoms with Crippen LogP contribution in [0, 0.1) is 0 Å². The minimum atomic E-state index is -0.219. The molecule has 0 aromatic carbocycles. The maximum absolute atomic E-state index is 9.93. The molecule has 0 spiro atoms. The van der Waals surface area contributed by atoms with E-state index in [-0.39, 0.29) is 6.10 Å². The van der Waals surface area contributed by atoms with Crippen molar-refractivity contribution in [3.8, 4) is 11.3 Å². The molecule has 0 saturated carbocycles. The van der Waals surface area contributed by atoms with E-state index in [1.165, 1.54) is 5.56 Å². The summed E-state index contributed by atoms with van der Waals surface area (Å²) >= 11 is 0. The second kappa shape index (κ2) is 6.10. The summed E-state index contributed by atoms with van der Waals surface area (Å²) in [6.45, 7) is 2.54. The number of hydrogen-bond acceptors (Lipinski definition) is 4. The second-order valence-corrected chi connectivity index (χ2v) is 6.15. The Morgan fingerprint density at radius 1 is 1.26 bits per heavy atom. The summed E-state index contributed by atoms with van der Waals surface area (Å²) < 4.78 is 0. The number of pyridine rings is 2. The molecule has 2 N–H and O–H groups in total. The Balaban J connectivity index is 1.77. The molecule has 1 fully saturated rings. The maximum atomic E-state index is 9.93. The fourth-order valence-corrected chi connectivity index (χ4v) is 3.38. The summed E-state index contributed by atoms with van der Waals surface area (Å²) in [5.74, 6) is 0. The van der Waals surface area contributed by atoms with Crippen LogP contribution in [0.2, 0.25) is 0 Å². The molecule has 1 atom stereocenters. The van der Waals surface area contributed by atoms with Crippen LogP contribution in [0.1, 0.15) is 18.4 Å². The van der Waals surface area contributed by atoms with Crippen LogP contribution in [0.15, 0.2) is 42.9 Å². The highest BCUT2D eigenvalue weighted by Gasteiger charge is 2.21. The molecular weight excluding hydrogens is 288 g/mol. The summed E-state index contributed by atoms with van der Waals surface area (Å²) in [4.78, 5) is 14.6. The van der Waals surface area contributed by atoms with Crippen LogP contribution in [0.4, 0.5) is 0 Å². The Kier molecular flexibility index (Phi) is 3.81. The third kappa shape index (κ3) is 2.85. The average Bonchev–Trinajstić information content (AvgIpc) is 2.95. The Morgan fingerprint density at radius 2 is 2.17 bits per heavy atom. The van der Waals surface area contributed by atoms with Crippen molar-refractivity contribution in [1.82, 2.24) is 19.9 Å². The van der Waals surface area contributed by atoms with Gasteiger partial charge >= 0.3 is 0 Å². The highest BCUT2D eigenvalue weighted by Crippen LogP contribution is 2.30. The first kappa shape index (κ1) is 14.4. The number of aliphatic hydroxyl groups excluding tert-OH is 1. The number of H-pyrrole nitrogens is 1. The van der Waals surface area contributed by atoms with Crippen molar-refractivity contribution in [3.05, 3.63) is 48.4 Å². The first-order valence-electron chi connectivity index (χ1n) is 8.07. The summed E-state index contributed by atoms with van der Waals surface area (Å²) in [6, 6.07) is 8.01. The van der Waals surface area contributed by atoms with E-state index >= 15 is 0 Å². The molecule has 0 unspecified atom stereocenters. The largest absolute Gasteiger partial charge is 0.392 e. The summed E-state index contributed by atoms with van der Waals surface area (Å²) in [5.41, 5.74) is 5.37. The van der Waals surface area contributed by atoms with Gasteiger partial charge in [-0.25, -0.2) is 0 Å². The molecule has 0 amide bonds. The van der Waals surface area contributed by atoms with Gasteiger partial charge in [0.1, 0.15) is 0 Å². The van der Waals surface area contributed by atoms with Crippen LogP contribution in [-0.2, 0) is 6.54 Å². The quantitative estimate of drug-likeness (QED) is 0.780. The number of hydrogen-bond donors (Lipinski definition) is 2. The lowest BCUT2D eigenvalue weighted by Gasteiger charge is -2.30. The number of nitrogens with one attached hydrogen (secondary N) is 1. The molecule has 1 aliphatic rings. The Morgan fingerprint density at radius 3 is 3.00 bits per heavy atom. The molecule has 23 heavy (non-hydrogen) atoms. The number of nitrogens with zero attached hydrogens (tertiary/aromatic N) is 3. The van der Waals surface area contributed by atoms with Crippen molar-refractivity contribution < 1.29 is 5.11 Å². The van der Waals surface area contributed by atoms with Gasteiger partial charge in [-0.15, -0.1) is 0 Å². The SMILES string of the molecule is O[C@H]1CCCN(Cc2c(-c3cccnc3)[nH]c3cccnc23)C1. The number of piperidine rings is 1. The molecule has 5 nitrogen and oxygen atoms in total. The van der Waals surface area contributed by atoms with Crippen molar-refractivity contribution in [2.75, 3.05) is 13.1 Å². The van der Waals surface area contributed by atoms with Crippen LogP contribution >= 0.6 is 0 Å². The van der Waals surface area contributed by atoms with Gasteiger partial charge < -0.3 is 10.1 Å². The van der Waals surface area contributed by atoms with Crippen molar-refractivity contribution in [1.29, 1.82) is 0 Å². The maximum Gasteiger partial charge on any atom is 0.0930 e.